The average molecular weight is 202 g/mol. The number of aryl methyl sites for hydroxylation is 2. The lowest BCUT2D eigenvalue weighted by atomic mass is 10.0. The molecule has 2 rings (SSSR count). The smallest absolute Gasteiger partial charge is 0.0342 e. The minimum Gasteiger partial charge on any atom is -0.144 e. The van der Waals surface area contributed by atoms with Crippen molar-refractivity contribution in [2.45, 2.75) is 20.3 Å². The first-order valence-electron chi connectivity index (χ1n) is 4.94. The van der Waals surface area contributed by atoms with Crippen LogP contribution in [0.25, 0.3) is 10.4 Å². The van der Waals surface area contributed by atoms with Crippen molar-refractivity contribution in [1.29, 1.82) is 0 Å². The maximum absolute atomic E-state index is 2.31. The molecule has 0 fully saturated rings. The van der Waals surface area contributed by atoms with Crippen molar-refractivity contribution in [3.05, 3.63) is 46.8 Å². The summed E-state index contributed by atoms with van der Waals surface area (Å²) < 4.78 is 0. The average Bonchev–Trinajstić information content (AvgIpc) is 2.71. The Morgan fingerprint density at radius 1 is 1.21 bits per heavy atom. The largest absolute Gasteiger partial charge is 0.144 e. The SMILES string of the molecule is CCc1cc(-c2cccs2)ccc1C. The Hall–Kier alpha value is -1.08. The summed E-state index contributed by atoms with van der Waals surface area (Å²) in [7, 11) is 0. The van der Waals surface area contributed by atoms with Crippen molar-refractivity contribution in [2.75, 3.05) is 0 Å². The number of hydrogen-bond acceptors (Lipinski definition) is 1. The minimum atomic E-state index is 1.12. The van der Waals surface area contributed by atoms with E-state index in [0.29, 0.717) is 0 Å². The van der Waals surface area contributed by atoms with Crippen molar-refractivity contribution < 1.29 is 0 Å². The van der Waals surface area contributed by atoms with E-state index in [1.807, 2.05) is 0 Å². The lowest BCUT2D eigenvalue weighted by Gasteiger charge is -2.05. The molecule has 0 N–H and O–H groups in total. The van der Waals surface area contributed by atoms with Crippen molar-refractivity contribution in [2.24, 2.45) is 0 Å². The van der Waals surface area contributed by atoms with Crippen molar-refractivity contribution in [3.63, 3.8) is 0 Å². The third-order valence-electron chi connectivity index (χ3n) is 2.54. The van der Waals surface area contributed by atoms with Gasteiger partial charge in [-0.25, -0.2) is 0 Å². The van der Waals surface area contributed by atoms with Gasteiger partial charge >= 0.3 is 0 Å². The van der Waals surface area contributed by atoms with E-state index in [1.54, 1.807) is 11.3 Å². The zero-order chi connectivity index (χ0) is 9.97. The highest BCUT2D eigenvalue weighted by molar-refractivity contribution is 7.13. The van der Waals surface area contributed by atoms with Gasteiger partial charge in [0.2, 0.25) is 0 Å². The van der Waals surface area contributed by atoms with Crippen LogP contribution < -0.4 is 0 Å². The lowest BCUT2D eigenvalue weighted by molar-refractivity contribution is 1.11. The molecule has 0 amide bonds. The third kappa shape index (κ3) is 1.73. The monoisotopic (exact) mass is 202 g/mol. The van der Waals surface area contributed by atoms with Crippen LogP contribution in [0.3, 0.4) is 0 Å². The molecule has 0 atom stereocenters. The van der Waals surface area contributed by atoms with Gasteiger partial charge in [-0.3, -0.25) is 0 Å². The Morgan fingerprint density at radius 3 is 2.71 bits per heavy atom. The molecule has 0 unspecified atom stereocenters. The maximum Gasteiger partial charge on any atom is 0.0342 e. The van der Waals surface area contributed by atoms with Gasteiger partial charge in [0.25, 0.3) is 0 Å². The van der Waals surface area contributed by atoms with Gasteiger partial charge in [0.1, 0.15) is 0 Å². The summed E-state index contributed by atoms with van der Waals surface area (Å²) in [6, 6.07) is 11.0. The Bertz CT molecular complexity index is 413. The van der Waals surface area contributed by atoms with Crippen LogP contribution >= 0.6 is 11.3 Å². The molecule has 0 saturated carbocycles. The summed E-state index contributed by atoms with van der Waals surface area (Å²) in [6.07, 6.45) is 1.12. The zero-order valence-corrected chi connectivity index (χ0v) is 9.40. The molecule has 72 valence electrons. The van der Waals surface area contributed by atoms with E-state index in [9.17, 15) is 0 Å². The fourth-order valence-electron chi connectivity index (χ4n) is 1.65. The lowest BCUT2D eigenvalue weighted by Crippen LogP contribution is -1.86. The molecule has 0 radical (unpaired) electrons. The summed E-state index contributed by atoms with van der Waals surface area (Å²) in [5.41, 5.74) is 4.20. The van der Waals surface area contributed by atoms with Crippen molar-refractivity contribution >= 4 is 11.3 Å². The highest BCUT2D eigenvalue weighted by Crippen LogP contribution is 2.26. The number of benzene rings is 1. The molecule has 0 nitrogen and oxygen atoms in total. The van der Waals surface area contributed by atoms with E-state index in [0.717, 1.165) is 6.42 Å². The summed E-state index contributed by atoms with van der Waals surface area (Å²) in [4.78, 5) is 1.36. The van der Waals surface area contributed by atoms with Crippen LogP contribution in [0.4, 0.5) is 0 Å². The second-order valence-corrected chi connectivity index (χ2v) is 4.42. The molecule has 14 heavy (non-hydrogen) atoms. The van der Waals surface area contributed by atoms with Gasteiger partial charge in [0.15, 0.2) is 0 Å². The fraction of sp³-hybridized carbons (Fsp3) is 0.231. The van der Waals surface area contributed by atoms with Gasteiger partial charge in [0.05, 0.1) is 0 Å². The van der Waals surface area contributed by atoms with Gasteiger partial charge in [-0.05, 0) is 41.5 Å². The van der Waals surface area contributed by atoms with E-state index in [4.69, 9.17) is 0 Å². The molecule has 0 aliphatic heterocycles. The molecule has 0 spiro atoms. The van der Waals surface area contributed by atoms with Crippen LogP contribution in [-0.4, -0.2) is 0 Å². The van der Waals surface area contributed by atoms with Crippen LogP contribution in [0.2, 0.25) is 0 Å². The Balaban J connectivity index is 2.46. The first kappa shape index (κ1) is 9.47. The van der Waals surface area contributed by atoms with Crippen LogP contribution in [0, 0.1) is 6.92 Å². The molecule has 0 saturated heterocycles. The molecule has 1 aromatic heterocycles. The minimum absolute atomic E-state index is 1.12. The number of thiophene rings is 1. The third-order valence-corrected chi connectivity index (χ3v) is 3.45. The number of rotatable bonds is 2. The topological polar surface area (TPSA) is 0 Å². The summed E-state index contributed by atoms with van der Waals surface area (Å²) >= 11 is 1.80. The Kier molecular flexibility index (Phi) is 2.69. The number of hydrogen-bond donors (Lipinski definition) is 0. The standard InChI is InChI=1S/C13H14S/c1-3-11-9-12(7-6-10(11)2)13-5-4-8-14-13/h4-9H,3H2,1-2H3. The van der Waals surface area contributed by atoms with E-state index in [-0.39, 0.29) is 0 Å². The van der Waals surface area contributed by atoms with Crippen LogP contribution in [0.15, 0.2) is 35.7 Å². The van der Waals surface area contributed by atoms with Crippen LogP contribution in [0.1, 0.15) is 18.1 Å². The van der Waals surface area contributed by atoms with E-state index in [2.05, 4.69) is 49.6 Å². The molecular weight excluding hydrogens is 188 g/mol. The fourth-order valence-corrected chi connectivity index (χ4v) is 2.37. The molecular formula is C13H14S. The van der Waals surface area contributed by atoms with Gasteiger partial charge in [0, 0.05) is 4.88 Å². The van der Waals surface area contributed by atoms with Gasteiger partial charge < -0.3 is 0 Å². The van der Waals surface area contributed by atoms with Crippen LogP contribution in [0.5, 0.6) is 0 Å². The van der Waals surface area contributed by atoms with Crippen LogP contribution in [-0.2, 0) is 6.42 Å². The summed E-state index contributed by atoms with van der Waals surface area (Å²) in [5.74, 6) is 0. The molecule has 1 heteroatoms. The molecule has 0 bridgehead atoms. The van der Waals surface area contributed by atoms with E-state index >= 15 is 0 Å². The highest BCUT2D eigenvalue weighted by atomic mass is 32.1. The van der Waals surface area contributed by atoms with Gasteiger partial charge in [-0.15, -0.1) is 11.3 Å². The summed E-state index contributed by atoms with van der Waals surface area (Å²) in [5, 5.41) is 2.13. The van der Waals surface area contributed by atoms with E-state index in [1.165, 1.54) is 21.6 Å². The predicted molar refractivity (Wildman–Crippen MR) is 63.9 cm³/mol. The molecule has 0 aliphatic carbocycles. The summed E-state index contributed by atoms with van der Waals surface area (Å²) in [6.45, 7) is 4.39. The van der Waals surface area contributed by atoms with Gasteiger partial charge in [-0.1, -0.05) is 31.2 Å². The zero-order valence-electron chi connectivity index (χ0n) is 8.58. The second-order valence-electron chi connectivity index (χ2n) is 3.47. The molecule has 0 aliphatic rings. The second kappa shape index (κ2) is 3.97. The molecule has 2 aromatic rings. The Morgan fingerprint density at radius 2 is 2.07 bits per heavy atom. The first-order valence-corrected chi connectivity index (χ1v) is 5.82. The first-order chi connectivity index (χ1) is 6.81. The molecule has 1 heterocycles. The quantitative estimate of drug-likeness (QED) is 0.681. The Labute approximate surface area is 89.2 Å². The van der Waals surface area contributed by atoms with Crippen molar-refractivity contribution in [1.82, 2.24) is 0 Å². The van der Waals surface area contributed by atoms with Crippen molar-refractivity contribution in [3.8, 4) is 10.4 Å². The highest BCUT2D eigenvalue weighted by Gasteiger charge is 2.01. The maximum atomic E-state index is 2.31. The van der Waals surface area contributed by atoms with E-state index < -0.39 is 0 Å². The predicted octanol–water partition coefficient (Wildman–Crippen LogP) is 4.29. The van der Waals surface area contributed by atoms with Gasteiger partial charge in [-0.2, -0.15) is 0 Å². The molecule has 1 aromatic carbocycles. The normalized spacial score (nSPS) is 10.4.